The van der Waals surface area contributed by atoms with Crippen LogP contribution in [-0.4, -0.2) is 12.5 Å². The summed E-state index contributed by atoms with van der Waals surface area (Å²) in [5.41, 5.74) is 4.22. The highest BCUT2D eigenvalue weighted by molar-refractivity contribution is 6.30. The van der Waals surface area contributed by atoms with E-state index in [1.807, 2.05) is 53.4 Å². The largest absolute Gasteiger partial charge is 0.312 e. The second kappa shape index (κ2) is 7.21. The van der Waals surface area contributed by atoms with Gasteiger partial charge in [0.2, 0.25) is 5.91 Å². The molecule has 1 saturated heterocycles. The number of benzene rings is 3. The number of halogens is 1. The second-order valence-electron chi connectivity index (χ2n) is 7.46. The summed E-state index contributed by atoms with van der Waals surface area (Å²) in [7, 11) is 0. The highest BCUT2D eigenvalue weighted by Gasteiger charge is 2.37. The third-order valence-corrected chi connectivity index (χ3v) is 5.75. The topological polar surface area (TPSA) is 20.3 Å². The molecule has 3 aromatic carbocycles. The normalized spacial score (nSPS) is 19.9. The van der Waals surface area contributed by atoms with Gasteiger partial charge in [-0.15, -0.1) is 0 Å². The Morgan fingerprint density at radius 2 is 1.63 bits per heavy atom. The molecule has 136 valence electrons. The van der Waals surface area contributed by atoms with E-state index in [1.165, 1.54) is 0 Å². The van der Waals surface area contributed by atoms with Gasteiger partial charge in [0.25, 0.3) is 0 Å². The maximum atomic E-state index is 13.0. The second-order valence-corrected chi connectivity index (χ2v) is 7.90. The number of rotatable bonds is 3. The minimum Gasteiger partial charge on any atom is -0.312 e. The highest BCUT2D eigenvalue weighted by atomic mass is 35.5. The summed E-state index contributed by atoms with van der Waals surface area (Å²) in [6.07, 6.45) is 1.40. The van der Waals surface area contributed by atoms with Crippen LogP contribution in [0.5, 0.6) is 0 Å². The first-order valence-electron chi connectivity index (χ1n) is 9.27. The summed E-state index contributed by atoms with van der Waals surface area (Å²) in [6.45, 7) is 2.87. The van der Waals surface area contributed by atoms with Gasteiger partial charge >= 0.3 is 0 Å². The molecule has 1 fully saturated rings. The number of carbonyl (C=O) groups excluding carboxylic acids is 1. The van der Waals surface area contributed by atoms with E-state index in [-0.39, 0.29) is 11.3 Å². The van der Waals surface area contributed by atoms with Gasteiger partial charge < -0.3 is 4.90 Å². The van der Waals surface area contributed by atoms with Gasteiger partial charge in [0.15, 0.2) is 0 Å². The maximum Gasteiger partial charge on any atom is 0.227 e. The fourth-order valence-corrected chi connectivity index (χ4v) is 4.06. The summed E-state index contributed by atoms with van der Waals surface area (Å²) in [4.78, 5) is 14.9. The van der Waals surface area contributed by atoms with Crippen molar-refractivity contribution in [1.29, 1.82) is 0 Å². The standard InChI is InChI=1S/C24H22ClNO/c1-24(20-10-6-11-21(25)16-20)13-14-26(23(27)17-24)22-12-5-9-19(15-22)18-7-3-2-4-8-18/h2-12,15-16H,13-14,17H2,1H3. The molecular weight excluding hydrogens is 354 g/mol. The molecule has 1 amide bonds. The average Bonchev–Trinajstić information content (AvgIpc) is 2.69. The number of hydrogen-bond acceptors (Lipinski definition) is 1. The maximum absolute atomic E-state index is 13.0. The fraction of sp³-hybridized carbons (Fsp3) is 0.208. The zero-order chi connectivity index (χ0) is 18.9. The van der Waals surface area contributed by atoms with Gasteiger partial charge in [0.1, 0.15) is 0 Å². The van der Waals surface area contributed by atoms with Crippen LogP contribution in [-0.2, 0) is 10.2 Å². The van der Waals surface area contributed by atoms with Gasteiger partial charge in [0, 0.05) is 29.1 Å². The number of piperidine rings is 1. The molecule has 4 rings (SSSR count). The van der Waals surface area contributed by atoms with Gasteiger partial charge in [-0.3, -0.25) is 4.79 Å². The molecule has 1 aliphatic rings. The molecule has 0 saturated carbocycles. The Morgan fingerprint density at radius 1 is 0.889 bits per heavy atom. The van der Waals surface area contributed by atoms with Crippen LogP contribution in [0.15, 0.2) is 78.9 Å². The molecule has 0 N–H and O–H groups in total. The van der Waals surface area contributed by atoms with Crippen molar-refractivity contribution in [3.8, 4) is 11.1 Å². The third-order valence-electron chi connectivity index (χ3n) is 5.52. The molecule has 1 aliphatic heterocycles. The Balaban J connectivity index is 1.58. The molecule has 0 radical (unpaired) electrons. The van der Waals surface area contributed by atoms with Crippen molar-refractivity contribution in [2.24, 2.45) is 0 Å². The van der Waals surface area contributed by atoms with Crippen LogP contribution in [0.3, 0.4) is 0 Å². The SMILES string of the molecule is CC1(c2cccc(Cl)c2)CCN(c2cccc(-c3ccccc3)c2)C(=O)C1. The van der Waals surface area contributed by atoms with Crippen molar-refractivity contribution in [1.82, 2.24) is 0 Å². The lowest BCUT2D eigenvalue weighted by molar-refractivity contribution is -0.121. The third kappa shape index (κ3) is 3.63. The molecular formula is C24H22ClNO. The Labute approximate surface area is 165 Å². The first kappa shape index (κ1) is 17.8. The van der Waals surface area contributed by atoms with E-state index in [4.69, 9.17) is 11.6 Å². The van der Waals surface area contributed by atoms with Crippen LogP contribution in [0.25, 0.3) is 11.1 Å². The Bertz CT molecular complexity index is 969. The number of carbonyl (C=O) groups is 1. The summed E-state index contributed by atoms with van der Waals surface area (Å²) in [5, 5.41) is 0.721. The van der Waals surface area contributed by atoms with Gasteiger partial charge in [-0.2, -0.15) is 0 Å². The van der Waals surface area contributed by atoms with Gasteiger partial charge in [-0.25, -0.2) is 0 Å². The van der Waals surface area contributed by atoms with Crippen molar-refractivity contribution in [2.75, 3.05) is 11.4 Å². The Morgan fingerprint density at radius 3 is 2.37 bits per heavy atom. The Kier molecular flexibility index (Phi) is 4.75. The van der Waals surface area contributed by atoms with Crippen LogP contribution in [0.2, 0.25) is 5.02 Å². The number of nitrogens with zero attached hydrogens (tertiary/aromatic N) is 1. The molecule has 0 aliphatic carbocycles. The minimum absolute atomic E-state index is 0.161. The first-order valence-corrected chi connectivity index (χ1v) is 9.65. The first-order chi connectivity index (χ1) is 13.0. The van der Waals surface area contributed by atoms with Crippen LogP contribution < -0.4 is 4.90 Å². The summed E-state index contributed by atoms with van der Waals surface area (Å²) in [6, 6.07) is 26.4. The molecule has 3 heteroatoms. The molecule has 0 aromatic heterocycles. The fourth-order valence-electron chi connectivity index (χ4n) is 3.87. The van der Waals surface area contributed by atoms with Crippen LogP contribution >= 0.6 is 11.6 Å². The molecule has 1 heterocycles. The van der Waals surface area contributed by atoms with Crippen LogP contribution in [0, 0.1) is 0 Å². The summed E-state index contributed by atoms with van der Waals surface area (Å²) >= 11 is 6.17. The zero-order valence-corrected chi connectivity index (χ0v) is 16.1. The number of anilines is 1. The van der Waals surface area contributed by atoms with E-state index in [2.05, 4.69) is 37.3 Å². The molecule has 3 aromatic rings. The summed E-state index contributed by atoms with van der Waals surface area (Å²) in [5.74, 6) is 0.161. The smallest absolute Gasteiger partial charge is 0.227 e. The average molecular weight is 376 g/mol. The number of amides is 1. The van der Waals surface area contributed by atoms with Crippen molar-refractivity contribution in [3.05, 3.63) is 89.4 Å². The van der Waals surface area contributed by atoms with Crippen LogP contribution in [0.4, 0.5) is 5.69 Å². The van der Waals surface area contributed by atoms with E-state index in [9.17, 15) is 4.79 Å². The highest BCUT2D eigenvalue weighted by Crippen LogP contribution is 2.38. The molecule has 2 nitrogen and oxygen atoms in total. The van der Waals surface area contributed by atoms with Gasteiger partial charge in [-0.05, 0) is 47.4 Å². The predicted octanol–water partition coefficient (Wildman–Crippen LogP) is 6.09. The van der Waals surface area contributed by atoms with Crippen molar-refractivity contribution >= 4 is 23.2 Å². The summed E-state index contributed by atoms with van der Waals surface area (Å²) < 4.78 is 0. The van der Waals surface area contributed by atoms with E-state index < -0.39 is 0 Å². The van der Waals surface area contributed by atoms with Crippen molar-refractivity contribution in [3.63, 3.8) is 0 Å². The lowest BCUT2D eigenvalue weighted by Gasteiger charge is -2.39. The van der Waals surface area contributed by atoms with Gasteiger partial charge in [-0.1, -0.05) is 73.1 Å². The van der Waals surface area contributed by atoms with E-state index in [1.54, 1.807) is 0 Å². The predicted molar refractivity (Wildman–Crippen MR) is 112 cm³/mol. The zero-order valence-electron chi connectivity index (χ0n) is 15.4. The van der Waals surface area contributed by atoms with Crippen LogP contribution in [0.1, 0.15) is 25.3 Å². The van der Waals surface area contributed by atoms with E-state index in [0.717, 1.165) is 33.8 Å². The molecule has 1 atom stereocenters. The Hall–Kier alpha value is -2.58. The van der Waals surface area contributed by atoms with E-state index >= 15 is 0 Å². The van der Waals surface area contributed by atoms with E-state index in [0.29, 0.717) is 13.0 Å². The number of hydrogen-bond donors (Lipinski definition) is 0. The van der Waals surface area contributed by atoms with Crippen molar-refractivity contribution in [2.45, 2.75) is 25.2 Å². The lowest BCUT2D eigenvalue weighted by atomic mass is 9.74. The lowest BCUT2D eigenvalue weighted by Crippen LogP contribution is -2.45. The molecule has 27 heavy (non-hydrogen) atoms. The molecule has 0 spiro atoms. The molecule has 1 unspecified atom stereocenters. The minimum atomic E-state index is -0.171. The monoisotopic (exact) mass is 375 g/mol. The quantitative estimate of drug-likeness (QED) is 0.542. The molecule has 0 bridgehead atoms. The van der Waals surface area contributed by atoms with Crippen molar-refractivity contribution < 1.29 is 4.79 Å². The van der Waals surface area contributed by atoms with Gasteiger partial charge in [0.05, 0.1) is 0 Å².